The van der Waals surface area contributed by atoms with Gasteiger partial charge < -0.3 is 10.6 Å². The van der Waals surface area contributed by atoms with Crippen molar-refractivity contribution in [2.45, 2.75) is 26.7 Å². The molecule has 1 fully saturated rings. The van der Waals surface area contributed by atoms with Gasteiger partial charge in [0.1, 0.15) is 11.6 Å². The lowest BCUT2D eigenvalue weighted by Gasteiger charge is -2.07. The van der Waals surface area contributed by atoms with Crippen molar-refractivity contribution in [2.24, 2.45) is 11.8 Å². The first kappa shape index (κ1) is 11.2. The summed E-state index contributed by atoms with van der Waals surface area (Å²) < 4.78 is 0. The Labute approximate surface area is 96.9 Å². The van der Waals surface area contributed by atoms with Gasteiger partial charge in [-0.05, 0) is 24.7 Å². The van der Waals surface area contributed by atoms with E-state index in [2.05, 4.69) is 34.4 Å². The van der Waals surface area contributed by atoms with Crippen molar-refractivity contribution in [2.75, 3.05) is 23.7 Å². The van der Waals surface area contributed by atoms with E-state index in [-0.39, 0.29) is 0 Å². The number of anilines is 2. The summed E-state index contributed by atoms with van der Waals surface area (Å²) in [5.41, 5.74) is 0. The quantitative estimate of drug-likeness (QED) is 0.772. The second-order valence-electron chi connectivity index (χ2n) is 4.57. The van der Waals surface area contributed by atoms with E-state index in [1.165, 1.54) is 6.42 Å². The molecule has 88 valence electrons. The van der Waals surface area contributed by atoms with Gasteiger partial charge in [-0.15, -0.1) is 0 Å². The van der Waals surface area contributed by atoms with Crippen molar-refractivity contribution in [1.82, 2.24) is 9.97 Å². The zero-order valence-electron chi connectivity index (χ0n) is 10.0. The minimum Gasteiger partial charge on any atom is -0.369 e. The molecule has 0 bridgehead atoms. The summed E-state index contributed by atoms with van der Waals surface area (Å²) in [6, 6.07) is 0. The van der Waals surface area contributed by atoms with Crippen molar-refractivity contribution in [3.05, 3.63) is 12.4 Å². The highest BCUT2D eigenvalue weighted by Crippen LogP contribution is 2.37. The molecule has 1 heterocycles. The third-order valence-corrected chi connectivity index (χ3v) is 3.01. The van der Waals surface area contributed by atoms with E-state index in [0.717, 1.165) is 43.0 Å². The minimum atomic E-state index is 0.828. The van der Waals surface area contributed by atoms with Crippen LogP contribution in [0.25, 0.3) is 0 Å². The van der Waals surface area contributed by atoms with Crippen molar-refractivity contribution >= 4 is 11.6 Å². The zero-order chi connectivity index (χ0) is 11.4. The van der Waals surface area contributed by atoms with E-state index in [9.17, 15) is 0 Å². The third-order valence-electron chi connectivity index (χ3n) is 3.01. The normalized spacial score (nSPS) is 22.9. The van der Waals surface area contributed by atoms with Crippen LogP contribution < -0.4 is 10.6 Å². The molecule has 0 saturated heterocycles. The second kappa shape index (κ2) is 5.14. The highest BCUT2D eigenvalue weighted by Gasteiger charge is 2.31. The van der Waals surface area contributed by atoms with Crippen LogP contribution in [-0.4, -0.2) is 23.1 Å². The molecule has 4 heteroatoms. The van der Waals surface area contributed by atoms with Gasteiger partial charge in [-0.25, -0.2) is 4.98 Å². The first-order valence-electron chi connectivity index (χ1n) is 6.09. The Morgan fingerprint density at radius 2 is 2.00 bits per heavy atom. The third kappa shape index (κ3) is 3.08. The van der Waals surface area contributed by atoms with Crippen LogP contribution >= 0.6 is 0 Å². The lowest BCUT2D eigenvalue weighted by molar-refractivity contribution is 0.784. The van der Waals surface area contributed by atoms with Gasteiger partial charge in [-0.1, -0.05) is 13.8 Å². The molecule has 4 nitrogen and oxygen atoms in total. The summed E-state index contributed by atoms with van der Waals surface area (Å²) in [5, 5.41) is 6.57. The van der Waals surface area contributed by atoms with Crippen LogP contribution in [0.3, 0.4) is 0 Å². The van der Waals surface area contributed by atoms with Crippen LogP contribution in [-0.2, 0) is 0 Å². The molecule has 1 saturated carbocycles. The maximum absolute atomic E-state index is 4.45. The molecule has 1 aromatic rings. The monoisotopic (exact) mass is 220 g/mol. The topological polar surface area (TPSA) is 49.8 Å². The van der Waals surface area contributed by atoms with Gasteiger partial charge in [0.25, 0.3) is 0 Å². The molecule has 0 radical (unpaired) electrons. The zero-order valence-corrected chi connectivity index (χ0v) is 10.0. The van der Waals surface area contributed by atoms with Crippen molar-refractivity contribution in [1.29, 1.82) is 0 Å². The minimum absolute atomic E-state index is 0.828. The Balaban J connectivity index is 1.83. The molecule has 0 aromatic carbocycles. The van der Waals surface area contributed by atoms with Gasteiger partial charge in [-0.2, -0.15) is 0 Å². The van der Waals surface area contributed by atoms with Crippen LogP contribution in [0.1, 0.15) is 26.7 Å². The molecule has 0 spiro atoms. The molecular weight excluding hydrogens is 200 g/mol. The maximum Gasteiger partial charge on any atom is 0.146 e. The molecule has 2 rings (SSSR count). The fourth-order valence-corrected chi connectivity index (χ4v) is 1.71. The number of aromatic nitrogens is 2. The standard InChI is InChI=1S/C12H20N4/c1-3-4-14-11-7-13-8-12(16-11)15-6-10-5-9(10)2/h7-10H,3-6H2,1-2H3,(H2,14,15,16). The Morgan fingerprint density at radius 3 is 2.62 bits per heavy atom. The van der Waals surface area contributed by atoms with Crippen LogP contribution in [0, 0.1) is 11.8 Å². The summed E-state index contributed by atoms with van der Waals surface area (Å²) in [6.07, 6.45) is 5.98. The van der Waals surface area contributed by atoms with Crippen molar-refractivity contribution < 1.29 is 0 Å². The summed E-state index contributed by atoms with van der Waals surface area (Å²) in [4.78, 5) is 8.62. The smallest absolute Gasteiger partial charge is 0.146 e. The molecule has 1 aliphatic carbocycles. The average Bonchev–Trinajstić information content (AvgIpc) is 3.01. The second-order valence-corrected chi connectivity index (χ2v) is 4.57. The van der Waals surface area contributed by atoms with Gasteiger partial charge >= 0.3 is 0 Å². The van der Waals surface area contributed by atoms with Crippen molar-refractivity contribution in [3.63, 3.8) is 0 Å². The molecule has 1 aromatic heterocycles. The van der Waals surface area contributed by atoms with E-state index < -0.39 is 0 Å². The Hall–Kier alpha value is -1.32. The van der Waals surface area contributed by atoms with Gasteiger partial charge in [0, 0.05) is 13.1 Å². The number of nitrogens with one attached hydrogen (secondary N) is 2. The molecule has 0 amide bonds. The first-order chi connectivity index (χ1) is 7.79. The van der Waals surface area contributed by atoms with E-state index in [1.807, 2.05) is 0 Å². The summed E-state index contributed by atoms with van der Waals surface area (Å²) >= 11 is 0. The number of nitrogens with zero attached hydrogens (tertiary/aromatic N) is 2. The lowest BCUT2D eigenvalue weighted by Crippen LogP contribution is -2.08. The lowest BCUT2D eigenvalue weighted by atomic mass is 10.3. The Bertz CT molecular complexity index is 340. The number of hydrogen-bond donors (Lipinski definition) is 2. The van der Waals surface area contributed by atoms with Gasteiger partial charge in [-0.3, -0.25) is 4.98 Å². The molecule has 2 N–H and O–H groups in total. The highest BCUT2D eigenvalue weighted by molar-refractivity contribution is 5.41. The summed E-state index contributed by atoms with van der Waals surface area (Å²) in [7, 11) is 0. The molecule has 2 unspecified atom stereocenters. The predicted octanol–water partition coefficient (Wildman–Crippen LogP) is 2.37. The van der Waals surface area contributed by atoms with Gasteiger partial charge in [0.15, 0.2) is 0 Å². The van der Waals surface area contributed by atoms with E-state index >= 15 is 0 Å². The van der Waals surface area contributed by atoms with E-state index in [0.29, 0.717) is 0 Å². The van der Waals surface area contributed by atoms with E-state index in [4.69, 9.17) is 0 Å². The summed E-state index contributed by atoms with van der Waals surface area (Å²) in [6.45, 7) is 6.39. The predicted molar refractivity (Wildman–Crippen MR) is 66.6 cm³/mol. The highest BCUT2D eigenvalue weighted by atomic mass is 15.1. The van der Waals surface area contributed by atoms with Crippen LogP contribution in [0.2, 0.25) is 0 Å². The van der Waals surface area contributed by atoms with Gasteiger partial charge in [0.2, 0.25) is 0 Å². The molecule has 1 aliphatic rings. The molecule has 0 aliphatic heterocycles. The number of hydrogen-bond acceptors (Lipinski definition) is 4. The summed E-state index contributed by atoms with van der Waals surface area (Å²) in [5.74, 6) is 3.44. The largest absolute Gasteiger partial charge is 0.369 e. The molecular formula is C12H20N4. The SMILES string of the molecule is CCCNc1cncc(NCC2CC2C)n1. The van der Waals surface area contributed by atoms with E-state index in [1.54, 1.807) is 12.4 Å². The Kier molecular flexibility index (Phi) is 3.59. The fraction of sp³-hybridized carbons (Fsp3) is 0.667. The Morgan fingerprint density at radius 1 is 1.31 bits per heavy atom. The number of rotatable bonds is 6. The van der Waals surface area contributed by atoms with Crippen molar-refractivity contribution in [3.8, 4) is 0 Å². The van der Waals surface area contributed by atoms with Crippen LogP contribution in [0.4, 0.5) is 11.6 Å². The molecule has 2 atom stereocenters. The maximum atomic E-state index is 4.45. The molecule has 16 heavy (non-hydrogen) atoms. The van der Waals surface area contributed by atoms with Crippen LogP contribution in [0.15, 0.2) is 12.4 Å². The average molecular weight is 220 g/mol. The van der Waals surface area contributed by atoms with Gasteiger partial charge in [0.05, 0.1) is 12.4 Å². The fourth-order valence-electron chi connectivity index (χ4n) is 1.71. The first-order valence-corrected chi connectivity index (χ1v) is 6.09. The van der Waals surface area contributed by atoms with Crippen LogP contribution in [0.5, 0.6) is 0 Å².